The van der Waals surface area contributed by atoms with Crippen molar-refractivity contribution < 1.29 is 0 Å². The number of benzene rings is 2. The first kappa shape index (κ1) is 17.8. The Kier molecular flexibility index (Phi) is 4.45. The highest BCUT2D eigenvalue weighted by atomic mass is 32.1. The second-order valence-corrected chi connectivity index (χ2v) is 10.4. The van der Waals surface area contributed by atoms with Crippen molar-refractivity contribution in [1.82, 2.24) is 0 Å². The van der Waals surface area contributed by atoms with Gasteiger partial charge < -0.3 is 0 Å². The van der Waals surface area contributed by atoms with Gasteiger partial charge in [0.15, 0.2) is 0 Å². The summed E-state index contributed by atoms with van der Waals surface area (Å²) in [6.07, 6.45) is 2.36. The van der Waals surface area contributed by atoms with Crippen LogP contribution in [0.1, 0.15) is 51.7 Å². The first-order valence-corrected chi connectivity index (χ1v) is 11.1. The van der Waals surface area contributed by atoms with Crippen molar-refractivity contribution in [3.8, 4) is 0 Å². The van der Waals surface area contributed by atoms with Crippen molar-refractivity contribution in [3.05, 3.63) is 70.4 Å². The predicted molar refractivity (Wildman–Crippen MR) is 119 cm³/mol. The monoisotopic (exact) mass is 378 g/mol. The lowest BCUT2D eigenvalue weighted by molar-refractivity contribution is 0.377. The maximum Gasteiger partial charge on any atom is 0.0345 e. The van der Waals surface area contributed by atoms with Crippen LogP contribution in [-0.2, 0) is 10.8 Å². The minimum atomic E-state index is 0.180. The van der Waals surface area contributed by atoms with E-state index in [4.69, 9.17) is 0 Å². The molecule has 0 saturated heterocycles. The summed E-state index contributed by atoms with van der Waals surface area (Å²) in [5, 5.41) is 7.37. The fraction of sp³-hybridized carbons (Fsp3) is 0.333. The predicted octanol–water partition coefficient (Wildman–Crippen LogP) is 8.15. The Morgan fingerprint density at radius 1 is 0.769 bits per heavy atom. The van der Waals surface area contributed by atoms with Gasteiger partial charge in [0, 0.05) is 9.40 Å². The molecule has 2 heterocycles. The summed E-state index contributed by atoms with van der Waals surface area (Å²) in [6, 6.07) is 18.0. The Morgan fingerprint density at radius 2 is 1.54 bits per heavy atom. The third kappa shape index (κ3) is 3.21. The molecular formula is C24H26S2. The van der Waals surface area contributed by atoms with Gasteiger partial charge in [-0.05, 0) is 80.6 Å². The zero-order valence-electron chi connectivity index (χ0n) is 16.0. The van der Waals surface area contributed by atoms with Crippen LogP contribution in [-0.4, -0.2) is 0 Å². The van der Waals surface area contributed by atoms with Crippen molar-refractivity contribution in [2.75, 3.05) is 0 Å². The van der Waals surface area contributed by atoms with Crippen LogP contribution in [0.4, 0.5) is 0 Å². The molecule has 0 saturated carbocycles. The maximum absolute atomic E-state index is 2.40. The Labute approximate surface area is 164 Å². The highest BCUT2D eigenvalue weighted by Crippen LogP contribution is 2.41. The minimum Gasteiger partial charge on any atom is -0.144 e. The van der Waals surface area contributed by atoms with Gasteiger partial charge in [0.05, 0.1) is 0 Å². The molecule has 0 radical (unpaired) electrons. The van der Waals surface area contributed by atoms with Gasteiger partial charge >= 0.3 is 0 Å². The normalized spacial score (nSPS) is 12.9. The van der Waals surface area contributed by atoms with Crippen LogP contribution in [0.3, 0.4) is 0 Å². The van der Waals surface area contributed by atoms with Crippen LogP contribution in [0.5, 0.6) is 0 Å². The van der Waals surface area contributed by atoms with E-state index in [1.807, 2.05) is 22.7 Å². The van der Waals surface area contributed by atoms with E-state index in [0.29, 0.717) is 0 Å². The van der Waals surface area contributed by atoms with Crippen LogP contribution >= 0.6 is 22.7 Å². The van der Waals surface area contributed by atoms with E-state index < -0.39 is 0 Å². The first-order chi connectivity index (χ1) is 12.4. The smallest absolute Gasteiger partial charge is 0.0345 e. The summed E-state index contributed by atoms with van der Waals surface area (Å²) in [4.78, 5) is 0. The van der Waals surface area contributed by atoms with E-state index in [1.54, 1.807) is 0 Å². The standard InChI is InChI=1S/C24H26S2/c1-23(2,18-9-10-21-17(15-18)11-14-25-21)12-13-24(3,4)20-16-26-22-8-6-5-7-19(20)22/h5-11,14-16H,12-13H2,1-4H3. The van der Waals surface area contributed by atoms with Crippen LogP contribution in [0.25, 0.3) is 20.2 Å². The molecule has 0 fully saturated rings. The van der Waals surface area contributed by atoms with E-state index in [2.05, 4.69) is 87.0 Å². The molecular weight excluding hydrogens is 352 g/mol. The number of hydrogen-bond donors (Lipinski definition) is 0. The van der Waals surface area contributed by atoms with Crippen molar-refractivity contribution in [2.45, 2.75) is 51.4 Å². The minimum absolute atomic E-state index is 0.180. The van der Waals surface area contributed by atoms with E-state index in [9.17, 15) is 0 Å². The maximum atomic E-state index is 2.40. The Morgan fingerprint density at radius 3 is 2.38 bits per heavy atom. The van der Waals surface area contributed by atoms with Crippen molar-refractivity contribution in [3.63, 3.8) is 0 Å². The van der Waals surface area contributed by atoms with Gasteiger partial charge in [-0.25, -0.2) is 0 Å². The molecule has 0 N–H and O–H groups in total. The number of thiophene rings is 2. The topological polar surface area (TPSA) is 0 Å². The zero-order valence-corrected chi connectivity index (χ0v) is 17.6. The van der Waals surface area contributed by atoms with Gasteiger partial charge in [-0.2, -0.15) is 0 Å². The summed E-state index contributed by atoms with van der Waals surface area (Å²) in [5.41, 5.74) is 3.32. The van der Waals surface area contributed by atoms with E-state index in [-0.39, 0.29) is 10.8 Å². The molecule has 134 valence electrons. The lowest BCUT2D eigenvalue weighted by Gasteiger charge is -2.32. The Hall–Kier alpha value is -1.64. The van der Waals surface area contributed by atoms with Gasteiger partial charge in [-0.15, -0.1) is 22.7 Å². The second kappa shape index (κ2) is 6.51. The zero-order chi connectivity index (χ0) is 18.4. The SMILES string of the molecule is CC(C)(CCC(C)(C)c1csc2ccccc12)c1ccc2sccc2c1. The molecule has 0 aliphatic heterocycles. The Balaban J connectivity index is 1.58. The highest BCUT2D eigenvalue weighted by molar-refractivity contribution is 7.17. The van der Waals surface area contributed by atoms with Crippen LogP contribution in [0.2, 0.25) is 0 Å². The van der Waals surface area contributed by atoms with Crippen LogP contribution in [0.15, 0.2) is 59.3 Å². The van der Waals surface area contributed by atoms with Gasteiger partial charge in [0.1, 0.15) is 0 Å². The molecule has 26 heavy (non-hydrogen) atoms. The quantitative estimate of drug-likeness (QED) is 0.328. The summed E-state index contributed by atoms with van der Waals surface area (Å²) in [6.45, 7) is 9.59. The summed E-state index contributed by atoms with van der Waals surface area (Å²) in [5.74, 6) is 0. The molecule has 2 heteroatoms. The average molecular weight is 379 g/mol. The molecule has 0 atom stereocenters. The van der Waals surface area contributed by atoms with Gasteiger partial charge in [-0.3, -0.25) is 0 Å². The van der Waals surface area contributed by atoms with Gasteiger partial charge in [0.25, 0.3) is 0 Å². The molecule has 0 nitrogen and oxygen atoms in total. The first-order valence-electron chi connectivity index (χ1n) is 9.31. The van der Waals surface area contributed by atoms with Crippen molar-refractivity contribution in [1.29, 1.82) is 0 Å². The van der Waals surface area contributed by atoms with Crippen molar-refractivity contribution in [2.24, 2.45) is 0 Å². The molecule has 0 spiro atoms. The average Bonchev–Trinajstić information content (AvgIpc) is 3.26. The molecule has 2 aromatic heterocycles. The lowest BCUT2D eigenvalue weighted by Crippen LogP contribution is -2.24. The largest absolute Gasteiger partial charge is 0.144 e. The van der Waals surface area contributed by atoms with Crippen LogP contribution in [0, 0.1) is 0 Å². The van der Waals surface area contributed by atoms with Gasteiger partial charge in [-0.1, -0.05) is 52.0 Å². The third-order valence-electron chi connectivity index (χ3n) is 5.82. The molecule has 0 unspecified atom stereocenters. The summed E-state index contributed by atoms with van der Waals surface area (Å²) in [7, 11) is 0. The van der Waals surface area contributed by atoms with Crippen LogP contribution < -0.4 is 0 Å². The molecule has 2 aromatic carbocycles. The second-order valence-electron chi connectivity index (χ2n) is 8.59. The molecule has 0 amide bonds. The number of hydrogen-bond acceptors (Lipinski definition) is 2. The molecule has 0 aliphatic rings. The fourth-order valence-corrected chi connectivity index (χ4v) is 5.72. The highest BCUT2D eigenvalue weighted by Gasteiger charge is 2.29. The molecule has 0 bridgehead atoms. The molecule has 4 aromatic rings. The summed E-state index contributed by atoms with van der Waals surface area (Å²) < 4.78 is 2.78. The fourth-order valence-electron chi connectivity index (χ4n) is 3.79. The Bertz CT molecular complexity index is 1050. The number of fused-ring (bicyclic) bond motifs is 2. The third-order valence-corrected chi connectivity index (χ3v) is 7.68. The summed E-state index contributed by atoms with van der Waals surface area (Å²) >= 11 is 3.70. The number of rotatable bonds is 5. The van der Waals surface area contributed by atoms with E-state index >= 15 is 0 Å². The van der Waals surface area contributed by atoms with E-state index in [1.165, 1.54) is 44.1 Å². The van der Waals surface area contributed by atoms with E-state index in [0.717, 1.165) is 0 Å². The van der Waals surface area contributed by atoms with Crippen molar-refractivity contribution >= 4 is 42.8 Å². The molecule has 4 rings (SSSR count). The molecule has 0 aliphatic carbocycles. The lowest BCUT2D eigenvalue weighted by atomic mass is 9.72. The van der Waals surface area contributed by atoms with Gasteiger partial charge in [0.2, 0.25) is 0 Å².